The van der Waals surface area contributed by atoms with Gasteiger partial charge in [0, 0.05) is 45.8 Å². The molecule has 3 amide bonds. The third-order valence-corrected chi connectivity index (χ3v) is 6.79. The van der Waals surface area contributed by atoms with Crippen molar-refractivity contribution in [3.63, 3.8) is 0 Å². The molecule has 2 aromatic rings. The van der Waals surface area contributed by atoms with E-state index in [2.05, 4.69) is 4.98 Å². The monoisotopic (exact) mass is 479 g/mol. The Hall–Kier alpha value is -3.26. The van der Waals surface area contributed by atoms with Crippen LogP contribution in [-0.4, -0.2) is 72.0 Å². The molecule has 0 bridgehead atoms. The Balaban J connectivity index is 1.44. The first kappa shape index (κ1) is 24.9. The number of likely N-dealkylation sites (N-methyl/N-ethyl adjacent to an activating group) is 1. The van der Waals surface area contributed by atoms with E-state index in [1.165, 1.54) is 4.90 Å². The molecule has 35 heavy (non-hydrogen) atoms. The van der Waals surface area contributed by atoms with Gasteiger partial charge in [0.15, 0.2) is 0 Å². The largest absolute Gasteiger partial charge is 0.492 e. The van der Waals surface area contributed by atoms with E-state index in [1.54, 1.807) is 36.5 Å². The quantitative estimate of drug-likeness (QED) is 0.385. The summed E-state index contributed by atoms with van der Waals surface area (Å²) >= 11 is 0. The molecule has 186 valence electrons. The lowest BCUT2D eigenvalue weighted by Crippen LogP contribution is -2.44. The smallest absolute Gasteiger partial charge is 0.240 e. The van der Waals surface area contributed by atoms with E-state index in [4.69, 9.17) is 9.47 Å². The molecule has 0 aliphatic carbocycles. The second-order valence-electron chi connectivity index (χ2n) is 9.31. The molecule has 0 N–H and O–H groups in total. The molecule has 2 aliphatic heterocycles. The molecule has 4 rings (SSSR count). The maximum atomic E-state index is 13.7. The van der Waals surface area contributed by atoms with Gasteiger partial charge < -0.3 is 14.4 Å². The summed E-state index contributed by atoms with van der Waals surface area (Å²) in [6.45, 7) is 1.80. The van der Waals surface area contributed by atoms with Crippen LogP contribution < -0.4 is 4.74 Å². The van der Waals surface area contributed by atoms with Crippen molar-refractivity contribution in [3.05, 3.63) is 60.4 Å². The summed E-state index contributed by atoms with van der Waals surface area (Å²) in [5.74, 6) is -0.0937. The molecule has 8 heteroatoms. The zero-order valence-corrected chi connectivity index (χ0v) is 20.2. The third kappa shape index (κ3) is 5.88. The van der Waals surface area contributed by atoms with E-state index in [-0.39, 0.29) is 43.2 Å². The summed E-state index contributed by atoms with van der Waals surface area (Å²) in [7, 11) is 1.74. The number of ether oxygens (including phenoxy) is 2. The molecule has 2 atom stereocenters. The Bertz CT molecular complexity index is 1010. The molecule has 2 saturated heterocycles. The first-order valence-corrected chi connectivity index (χ1v) is 12.3. The molecule has 1 aromatic heterocycles. The molecule has 2 fully saturated rings. The number of hydrogen-bond donors (Lipinski definition) is 0. The number of nitrogens with zero attached hydrogens (tertiary/aromatic N) is 3. The lowest BCUT2D eigenvalue weighted by atomic mass is 9.75. The van der Waals surface area contributed by atoms with E-state index >= 15 is 0 Å². The van der Waals surface area contributed by atoms with Crippen LogP contribution in [0.3, 0.4) is 0 Å². The maximum absolute atomic E-state index is 13.7. The van der Waals surface area contributed by atoms with Crippen LogP contribution in [0.15, 0.2) is 54.9 Å². The predicted octanol–water partition coefficient (Wildman–Crippen LogP) is 2.97. The van der Waals surface area contributed by atoms with E-state index in [1.807, 2.05) is 30.3 Å². The summed E-state index contributed by atoms with van der Waals surface area (Å²) in [4.78, 5) is 47.0. The van der Waals surface area contributed by atoms with Crippen molar-refractivity contribution >= 4 is 17.7 Å². The number of hydrogen-bond acceptors (Lipinski definition) is 6. The van der Waals surface area contributed by atoms with Gasteiger partial charge in [-0.05, 0) is 43.4 Å². The molecular formula is C27H33N3O5. The van der Waals surface area contributed by atoms with E-state index in [0.29, 0.717) is 37.5 Å². The van der Waals surface area contributed by atoms with Crippen molar-refractivity contribution in [3.8, 4) is 5.75 Å². The maximum Gasteiger partial charge on any atom is 0.240 e. The average Bonchev–Trinajstić information content (AvgIpc) is 3.13. The highest BCUT2D eigenvalue weighted by molar-refractivity contribution is 6.10. The van der Waals surface area contributed by atoms with Gasteiger partial charge in [-0.15, -0.1) is 0 Å². The van der Waals surface area contributed by atoms with Crippen molar-refractivity contribution in [1.82, 2.24) is 14.8 Å². The number of carbonyl (C=O) groups is 3. The van der Waals surface area contributed by atoms with Gasteiger partial charge in [0.1, 0.15) is 5.75 Å². The predicted molar refractivity (Wildman–Crippen MR) is 130 cm³/mol. The van der Waals surface area contributed by atoms with Gasteiger partial charge in [-0.3, -0.25) is 24.3 Å². The number of imide groups is 1. The SMILES string of the molecule is CN(C[C@@H]1CCCCO1)C(=O)C[C@@]1(c2ccccc2)CC(=O)N(CCCOc2cccnc2)C1=O. The Morgan fingerprint density at radius 2 is 2.03 bits per heavy atom. The van der Waals surface area contributed by atoms with Crippen LogP contribution >= 0.6 is 0 Å². The zero-order valence-electron chi connectivity index (χ0n) is 20.2. The van der Waals surface area contributed by atoms with Crippen molar-refractivity contribution in [2.45, 2.75) is 50.0 Å². The zero-order chi connectivity index (χ0) is 24.7. The molecule has 0 radical (unpaired) electrons. The van der Waals surface area contributed by atoms with Gasteiger partial charge >= 0.3 is 0 Å². The highest BCUT2D eigenvalue weighted by Crippen LogP contribution is 2.40. The number of pyridine rings is 1. The minimum Gasteiger partial charge on any atom is -0.492 e. The number of rotatable bonds is 10. The van der Waals surface area contributed by atoms with Crippen molar-refractivity contribution < 1.29 is 23.9 Å². The van der Waals surface area contributed by atoms with Crippen LogP contribution in [0.5, 0.6) is 5.75 Å². The molecule has 2 aliphatic rings. The summed E-state index contributed by atoms with van der Waals surface area (Å²) in [6, 6.07) is 12.8. The van der Waals surface area contributed by atoms with Crippen LogP contribution in [0.4, 0.5) is 0 Å². The molecule has 1 aromatic carbocycles. The van der Waals surface area contributed by atoms with Crippen molar-refractivity contribution in [2.24, 2.45) is 0 Å². The van der Waals surface area contributed by atoms with Gasteiger partial charge in [-0.1, -0.05) is 30.3 Å². The van der Waals surface area contributed by atoms with Gasteiger partial charge in [-0.25, -0.2) is 0 Å². The second-order valence-corrected chi connectivity index (χ2v) is 9.31. The number of carbonyl (C=O) groups excluding carboxylic acids is 3. The minimum atomic E-state index is -1.19. The van der Waals surface area contributed by atoms with Gasteiger partial charge in [-0.2, -0.15) is 0 Å². The number of likely N-dealkylation sites (tertiary alicyclic amines) is 1. The van der Waals surface area contributed by atoms with Crippen LogP contribution in [0.1, 0.15) is 44.1 Å². The van der Waals surface area contributed by atoms with Crippen LogP contribution in [-0.2, 0) is 24.5 Å². The number of aromatic nitrogens is 1. The lowest BCUT2D eigenvalue weighted by Gasteiger charge is -2.31. The third-order valence-electron chi connectivity index (χ3n) is 6.79. The van der Waals surface area contributed by atoms with Crippen LogP contribution in [0.25, 0.3) is 0 Å². The summed E-state index contributed by atoms with van der Waals surface area (Å²) < 4.78 is 11.4. The molecular weight excluding hydrogens is 446 g/mol. The Kier molecular flexibility index (Phi) is 8.13. The standard InChI is InChI=1S/C27H33N3O5/c1-29(20-23-11-5-6-15-35-23)24(31)17-27(21-9-3-2-4-10-21)18-25(32)30(26(27)33)14-8-16-34-22-12-7-13-28-19-22/h2-4,7,9-10,12-13,19,23H,5-6,8,11,14-18,20H2,1H3/t23-,27-/m0/s1. The number of benzene rings is 1. The summed E-state index contributed by atoms with van der Waals surface area (Å²) in [5, 5.41) is 0. The Morgan fingerprint density at radius 3 is 2.74 bits per heavy atom. The normalized spacial score (nSPS) is 22.3. The Morgan fingerprint density at radius 1 is 1.20 bits per heavy atom. The van der Waals surface area contributed by atoms with E-state index in [9.17, 15) is 14.4 Å². The van der Waals surface area contributed by atoms with Gasteiger partial charge in [0.05, 0.1) is 24.3 Å². The average molecular weight is 480 g/mol. The van der Waals surface area contributed by atoms with Crippen LogP contribution in [0.2, 0.25) is 0 Å². The molecule has 3 heterocycles. The second kappa shape index (κ2) is 11.4. The fourth-order valence-corrected chi connectivity index (χ4v) is 4.85. The van der Waals surface area contributed by atoms with Gasteiger partial charge in [0.2, 0.25) is 17.7 Å². The van der Waals surface area contributed by atoms with Crippen molar-refractivity contribution in [2.75, 3.05) is 33.4 Å². The topological polar surface area (TPSA) is 89.0 Å². The Labute approximate surface area is 206 Å². The molecule has 0 spiro atoms. The van der Waals surface area contributed by atoms with Crippen LogP contribution in [0, 0.1) is 0 Å². The summed E-state index contributed by atoms with van der Waals surface area (Å²) in [6.07, 6.45) is 6.79. The molecule has 0 unspecified atom stereocenters. The first-order valence-electron chi connectivity index (χ1n) is 12.3. The number of amides is 3. The first-order chi connectivity index (χ1) is 17.0. The van der Waals surface area contributed by atoms with E-state index in [0.717, 1.165) is 19.3 Å². The molecule has 8 nitrogen and oxygen atoms in total. The highest BCUT2D eigenvalue weighted by Gasteiger charge is 2.53. The molecule has 0 saturated carbocycles. The lowest BCUT2D eigenvalue weighted by molar-refractivity contribution is -0.143. The van der Waals surface area contributed by atoms with E-state index < -0.39 is 5.41 Å². The fraction of sp³-hybridized carbons (Fsp3) is 0.481. The fourth-order valence-electron chi connectivity index (χ4n) is 4.85. The highest BCUT2D eigenvalue weighted by atomic mass is 16.5. The van der Waals surface area contributed by atoms with Crippen molar-refractivity contribution in [1.29, 1.82) is 0 Å². The van der Waals surface area contributed by atoms with Gasteiger partial charge in [0.25, 0.3) is 0 Å². The minimum absolute atomic E-state index is 0.0151. The summed E-state index contributed by atoms with van der Waals surface area (Å²) in [5.41, 5.74) is -0.496.